The van der Waals surface area contributed by atoms with E-state index in [-0.39, 0.29) is 23.8 Å². The van der Waals surface area contributed by atoms with Crippen molar-refractivity contribution in [2.75, 3.05) is 19.7 Å². The largest absolute Gasteiger partial charge is 0.485 e. The zero-order valence-electron chi connectivity index (χ0n) is 14.9. The zero-order valence-corrected chi connectivity index (χ0v) is 14.9. The monoisotopic (exact) mass is 371 g/mol. The fourth-order valence-corrected chi connectivity index (χ4v) is 4.43. The van der Waals surface area contributed by atoms with Crippen LogP contribution in [-0.4, -0.2) is 54.0 Å². The van der Waals surface area contributed by atoms with Crippen LogP contribution in [0.4, 0.5) is 0 Å². The van der Waals surface area contributed by atoms with Gasteiger partial charge in [0.05, 0.1) is 6.54 Å². The van der Waals surface area contributed by atoms with Crippen molar-refractivity contribution in [3.8, 4) is 11.5 Å². The number of carbonyl (C=O) groups excluding carboxylic acids is 3. The van der Waals surface area contributed by atoms with Crippen LogP contribution >= 0.6 is 0 Å². The molecule has 0 aliphatic carbocycles. The summed E-state index contributed by atoms with van der Waals surface area (Å²) >= 11 is 0. The number of ether oxygens (including phenoxy) is 2. The van der Waals surface area contributed by atoms with Crippen molar-refractivity contribution >= 4 is 17.7 Å². The van der Waals surface area contributed by atoms with Gasteiger partial charge in [0.25, 0.3) is 5.91 Å². The Hall–Kier alpha value is -2.61. The molecule has 0 radical (unpaired) electrons. The average Bonchev–Trinajstić information content (AvgIpc) is 2.99. The molecule has 142 valence electrons. The predicted molar refractivity (Wildman–Crippen MR) is 93.4 cm³/mol. The van der Waals surface area contributed by atoms with Gasteiger partial charge in [0.2, 0.25) is 11.8 Å². The molecule has 0 unspecified atom stereocenters. The van der Waals surface area contributed by atoms with Gasteiger partial charge in [-0.05, 0) is 31.6 Å². The third-order valence-corrected chi connectivity index (χ3v) is 5.95. The molecule has 2 fully saturated rings. The number of nitrogens with zero attached hydrogens (tertiary/aromatic N) is 1. The Balaban J connectivity index is 1.43. The minimum absolute atomic E-state index is 0.201. The number of hydrogen-bond donors (Lipinski definition) is 2. The van der Waals surface area contributed by atoms with E-state index in [1.807, 2.05) is 0 Å². The lowest BCUT2D eigenvalue weighted by Gasteiger charge is -2.41. The molecule has 4 aliphatic rings. The van der Waals surface area contributed by atoms with E-state index in [0.717, 1.165) is 31.5 Å². The SMILES string of the molecule is O=C1CC[C@H](N2Cc3c(ccc4c3OCC3(CCNCC3)O4)C2=O)C(=O)N1. The Morgan fingerprint density at radius 1 is 1.15 bits per heavy atom. The van der Waals surface area contributed by atoms with Crippen LogP contribution in [-0.2, 0) is 16.1 Å². The van der Waals surface area contributed by atoms with Crippen LogP contribution in [0.2, 0.25) is 0 Å². The standard InChI is InChI=1S/C19H21N3O5/c23-15-4-2-13(17(24)21-15)22-9-12-11(18(22)25)1-3-14-16(12)26-10-19(27-14)5-7-20-8-6-19/h1,3,13,20H,2,4-10H2,(H,21,23,24)/t13-/m0/s1. The molecule has 0 aromatic heterocycles. The van der Waals surface area contributed by atoms with E-state index in [0.29, 0.717) is 36.6 Å². The number of carbonyl (C=O) groups is 3. The number of nitrogens with one attached hydrogen (secondary N) is 2. The zero-order chi connectivity index (χ0) is 18.6. The summed E-state index contributed by atoms with van der Waals surface area (Å²) in [6, 6.07) is 2.92. The van der Waals surface area contributed by atoms with Gasteiger partial charge >= 0.3 is 0 Å². The molecule has 5 rings (SSSR count). The van der Waals surface area contributed by atoms with Gasteiger partial charge in [-0.2, -0.15) is 0 Å². The molecule has 0 bridgehead atoms. The first kappa shape index (κ1) is 16.6. The van der Waals surface area contributed by atoms with Crippen molar-refractivity contribution in [1.82, 2.24) is 15.5 Å². The van der Waals surface area contributed by atoms with E-state index >= 15 is 0 Å². The Morgan fingerprint density at radius 3 is 2.74 bits per heavy atom. The highest BCUT2D eigenvalue weighted by molar-refractivity contribution is 6.05. The molecule has 4 aliphatic heterocycles. The number of benzene rings is 1. The number of amides is 3. The molecule has 4 heterocycles. The van der Waals surface area contributed by atoms with Gasteiger partial charge in [-0.3, -0.25) is 19.7 Å². The number of fused-ring (bicyclic) bond motifs is 3. The summed E-state index contributed by atoms with van der Waals surface area (Å²) < 4.78 is 12.4. The average molecular weight is 371 g/mol. The molecular formula is C19H21N3O5. The molecule has 1 aromatic rings. The molecule has 0 saturated carbocycles. The Kier molecular flexibility index (Phi) is 3.65. The second kappa shape index (κ2) is 5.95. The van der Waals surface area contributed by atoms with Crippen LogP contribution in [0.1, 0.15) is 41.6 Å². The summed E-state index contributed by atoms with van der Waals surface area (Å²) in [5, 5.41) is 5.65. The highest BCUT2D eigenvalue weighted by atomic mass is 16.6. The number of piperidine rings is 2. The highest BCUT2D eigenvalue weighted by Gasteiger charge is 2.44. The molecule has 3 amide bonds. The van der Waals surface area contributed by atoms with Gasteiger partial charge in [-0.1, -0.05) is 0 Å². The highest BCUT2D eigenvalue weighted by Crippen LogP contribution is 2.45. The fourth-order valence-electron chi connectivity index (χ4n) is 4.43. The van der Waals surface area contributed by atoms with Gasteiger partial charge in [-0.15, -0.1) is 0 Å². The number of rotatable bonds is 1. The Bertz CT molecular complexity index is 846. The second-order valence-corrected chi connectivity index (χ2v) is 7.64. The Labute approximate surface area is 156 Å². The van der Waals surface area contributed by atoms with Gasteiger partial charge in [-0.25, -0.2) is 0 Å². The maximum Gasteiger partial charge on any atom is 0.255 e. The quantitative estimate of drug-likeness (QED) is 0.691. The molecule has 27 heavy (non-hydrogen) atoms. The maximum atomic E-state index is 12.9. The summed E-state index contributed by atoms with van der Waals surface area (Å²) in [6.07, 6.45) is 2.35. The van der Waals surface area contributed by atoms with Crippen LogP contribution in [0.3, 0.4) is 0 Å². The van der Waals surface area contributed by atoms with Crippen molar-refractivity contribution in [3.63, 3.8) is 0 Å². The maximum absolute atomic E-state index is 12.9. The molecule has 8 nitrogen and oxygen atoms in total. The molecule has 2 saturated heterocycles. The summed E-state index contributed by atoms with van der Waals surface area (Å²) in [7, 11) is 0. The van der Waals surface area contributed by atoms with E-state index in [4.69, 9.17) is 9.47 Å². The van der Waals surface area contributed by atoms with E-state index in [1.54, 1.807) is 12.1 Å². The lowest BCUT2D eigenvalue weighted by molar-refractivity contribution is -0.136. The second-order valence-electron chi connectivity index (χ2n) is 7.64. The molecule has 1 aromatic carbocycles. The van der Waals surface area contributed by atoms with Crippen molar-refractivity contribution in [2.24, 2.45) is 0 Å². The van der Waals surface area contributed by atoms with Crippen LogP contribution in [0.25, 0.3) is 0 Å². The minimum Gasteiger partial charge on any atom is -0.485 e. The van der Waals surface area contributed by atoms with Gasteiger partial charge in [0, 0.05) is 30.4 Å². The molecule has 1 atom stereocenters. The fraction of sp³-hybridized carbons (Fsp3) is 0.526. The normalized spacial score (nSPS) is 26.1. The molecular weight excluding hydrogens is 350 g/mol. The summed E-state index contributed by atoms with van der Waals surface area (Å²) in [4.78, 5) is 38.0. The van der Waals surface area contributed by atoms with E-state index in [9.17, 15) is 14.4 Å². The van der Waals surface area contributed by atoms with Gasteiger partial charge < -0.3 is 19.7 Å². The van der Waals surface area contributed by atoms with E-state index < -0.39 is 11.9 Å². The number of imide groups is 1. The van der Waals surface area contributed by atoms with E-state index in [1.165, 1.54) is 4.90 Å². The first-order valence-corrected chi connectivity index (χ1v) is 9.39. The lowest BCUT2D eigenvalue weighted by atomic mass is 9.92. The van der Waals surface area contributed by atoms with Crippen LogP contribution in [0.15, 0.2) is 12.1 Å². The van der Waals surface area contributed by atoms with Gasteiger partial charge in [0.1, 0.15) is 18.2 Å². The van der Waals surface area contributed by atoms with Crippen LogP contribution in [0, 0.1) is 0 Å². The third kappa shape index (κ3) is 2.58. The Morgan fingerprint density at radius 2 is 1.96 bits per heavy atom. The molecule has 2 N–H and O–H groups in total. The smallest absolute Gasteiger partial charge is 0.255 e. The van der Waals surface area contributed by atoms with Crippen LogP contribution in [0.5, 0.6) is 11.5 Å². The minimum atomic E-state index is -0.626. The summed E-state index contributed by atoms with van der Waals surface area (Å²) in [6.45, 7) is 2.54. The van der Waals surface area contributed by atoms with Crippen molar-refractivity contribution in [1.29, 1.82) is 0 Å². The summed E-state index contributed by atoms with van der Waals surface area (Å²) in [5.41, 5.74) is 1.01. The molecule has 1 spiro atoms. The van der Waals surface area contributed by atoms with E-state index in [2.05, 4.69) is 10.6 Å². The predicted octanol–water partition coefficient (Wildman–Crippen LogP) is 0.341. The first-order chi connectivity index (χ1) is 13.1. The topological polar surface area (TPSA) is 97.0 Å². The van der Waals surface area contributed by atoms with Gasteiger partial charge in [0.15, 0.2) is 11.5 Å². The third-order valence-electron chi connectivity index (χ3n) is 5.95. The van der Waals surface area contributed by atoms with Crippen molar-refractivity contribution in [2.45, 2.75) is 43.9 Å². The lowest BCUT2D eigenvalue weighted by Crippen LogP contribution is -2.52. The first-order valence-electron chi connectivity index (χ1n) is 9.39. The number of hydrogen-bond acceptors (Lipinski definition) is 6. The van der Waals surface area contributed by atoms with Crippen molar-refractivity contribution < 1.29 is 23.9 Å². The molecule has 8 heteroatoms. The summed E-state index contributed by atoms with van der Waals surface area (Å²) in [5.74, 6) is 0.376. The van der Waals surface area contributed by atoms with Crippen LogP contribution < -0.4 is 20.1 Å². The van der Waals surface area contributed by atoms with Crippen molar-refractivity contribution in [3.05, 3.63) is 23.3 Å².